The Hall–Kier alpha value is -3.09. The van der Waals surface area contributed by atoms with Gasteiger partial charge in [-0.25, -0.2) is 9.38 Å². The maximum absolute atomic E-state index is 13.2. The molecule has 0 saturated carbocycles. The number of ether oxygens (including phenoxy) is 1. The highest BCUT2D eigenvalue weighted by molar-refractivity contribution is 5.88. The number of amides is 1. The van der Waals surface area contributed by atoms with Crippen LogP contribution in [0.1, 0.15) is 26.3 Å². The normalized spacial score (nSPS) is 12.2. The van der Waals surface area contributed by atoms with Crippen LogP contribution in [0.15, 0.2) is 53.5 Å². The highest BCUT2D eigenvalue weighted by atomic mass is 19.1. The molecule has 0 aliphatic rings. The molecule has 1 atom stereocenters. The van der Waals surface area contributed by atoms with Crippen molar-refractivity contribution in [3.05, 3.63) is 59.9 Å². The van der Waals surface area contributed by atoms with Crippen LogP contribution in [0.3, 0.4) is 0 Å². The van der Waals surface area contributed by atoms with Gasteiger partial charge in [-0.1, -0.05) is 18.2 Å². The van der Waals surface area contributed by atoms with Crippen molar-refractivity contribution < 1.29 is 13.9 Å². The largest absolute Gasteiger partial charge is 0.489 e. The van der Waals surface area contributed by atoms with E-state index in [1.54, 1.807) is 12.1 Å². The first-order valence-corrected chi connectivity index (χ1v) is 9.27. The molecule has 0 aliphatic carbocycles. The van der Waals surface area contributed by atoms with Crippen LogP contribution in [-0.2, 0) is 11.3 Å². The van der Waals surface area contributed by atoms with E-state index in [1.807, 2.05) is 38.1 Å². The fraction of sp³-hybridized carbons (Fsp3) is 0.333. The molecule has 6 nitrogen and oxygen atoms in total. The summed E-state index contributed by atoms with van der Waals surface area (Å²) >= 11 is 0. The van der Waals surface area contributed by atoms with Gasteiger partial charge in [0.2, 0.25) is 5.91 Å². The second kappa shape index (κ2) is 10.9. The van der Waals surface area contributed by atoms with Gasteiger partial charge in [0.25, 0.3) is 0 Å². The standard InChI is InChI=1S/C21H27FN4O2/c1-4-23-21(24-13-15(2)28-20-10-6-8-18(22)12-20)25-14-17-7-5-9-19(11-17)26-16(3)27/h5-12,15H,4,13-14H2,1-3H3,(H,26,27)(H2,23,24,25). The lowest BCUT2D eigenvalue weighted by molar-refractivity contribution is -0.114. The van der Waals surface area contributed by atoms with Gasteiger partial charge in [0.1, 0.15) is 17.7 Å². The lowest BCUT2D eigenvalue weighted by Gasteiger charge is -2.17. The summed E-state index contributed by atoms with van der Waals surface area (Å²) < 4.78 is 19.0. The molecule has 0 aromatic heterocycles. The number of rotatable bonds is 8. The van der Waals surface area contributed by atoms with E-state index in [1.165, 1.54) is 19.1 Å². The minimum atomic E-state index is -0.325. The SMILES string of the molecule is CCNC(=NCc1cccc(NC(C)=O)c1)NCC(C)Oc1cccc(F)c1. The summed E-state index contributed by atoms with van der Waals surface area (Å²) in [5.41, 5.74) is 1.72. The van der Waals surface area contributed by atoms with Crippen LogP contribution in [0, 0.1) is 5.82 Å². The van der Waals surface area contributed by atoms with Crippen molar-refractivity contribution in [1.29, 1.82) is 0 Å². The zero-order valence-electron chi connectivity index (χ0n) is 16.5. The van der Waals surface area contributed by atoms with Crippen LogP contribution in [-0.4, -0.2) is 31.1 Å². The Balaban J connectivity index is 1.92. The maximum atomic E-state index is 13.2. The molecule has 0 heterocycles. The minimum absolute atomic E-state index is 0.108. The molecule has 2 aromatic rings. The molecule has 2 rings (SSSR count). The van der Waals surface area contributed by atoms with E-state index in [9.17, 15) is 9.18 Å². The smallest absolute Gasteiger partial charge is 0.221 e. The average molecular weight is 386 g/mol. The third-order valence-electron chi connectivity index (χ3n) is 3.70. The number of guanidine groups is 1. The summed E-state index contributed by atoms with van der Waals surface area (Å²) in [4.78, 5) is 15.7. The van der Waals surface area contributed by atoms with Crippen LogP contribution in [0.5, 0.6) is 5.75 Å². The van der Waals surface area contributed by atoms with Gasteiger partial charge in [-0.05, 0) is 43.7 Å². The Morgan fingerprint density at radius 3 is 2.68 bits per heavy atom. The number of carbonyl (C=O) groups excluding carboxylic acids is 1. The first kappa shape index (κ1) is 21.2. The molecule has 28 heavy (non-hydrogen) atoms. The van der Waals surface area contributed by atoms with Crippen molar-refractivity contribution in [2.45, 2.75) is 33.4 Å². The van der Waals surface area contributed by atoms with Crippen LogP contribution < -0.4 is 20.7 Å². The number of nitrogens with zero attached hydrogens (tertiary/aromatic N) is 1. The third-order valence-corrected chi connectivity index (χ3v) is 3.70. The van der Waals surface area contributed by atoms with Gasteiger partial charge in [0, 0.05) is 25.2 Å². The van der Waals surface area contributed by atoms with E-state index in [4.69, 9.17) is 4.74 Å². The van der Waals surface area contributed by atoms with Gasteiger partial charge in [-0.3, -0.25) is 4.79 Å². The predicted octanol–water partition coefficient (Wildman–Crippen LogP) is 3.31. The van der Waals surface area contributed by atoms with E-state index in [-0.39, 0.29) is 17.8 Å². The van der Waals surface area contributed by atoms with E-state index in [2.05, 4.69) is 20.9 Å². The minimum Gasteiger partial charge on any atom is -0.489 e. The van der Waals surface area contributed by atoms with Gasteiger partial charge in [-0.2, -0.15) is 0 Å². The zero-order valence-corrected chi connectivity index (χ0v) is 16.5. The van der Waals surface area contributed by atoms with Crippen molar-refractivity contribution in [3.8, 4) is 5.75 Å². The molecular weight excluding hydrogens is 359 g/mol. The predicted molar refractivity (Wildman–Crippen MR) is 110 cm³/mol. The van der Waals surface area contributed by atoms with E-state index in [0.29, 0.717) is 24.8 Å². The number of benzene rings is 2. The topological polar surface area (TPSA) is 74.8 Å². The van der Waals surface area contributed by atoms with Gasteiger partial charge in [0.05, 0.1) is 13.1 Å². The lowest BCUT2D eigenvalue weighted by Crippen LogP contribution is -2.41. The third kappa shape index (κ3) is 7.65. The Kier molecular flexibility index (Phi) is 8.27. The number of halogens is 1. The van der Waals surface area contributed by atoms with Gasteiger partial charge >= 0.3 is 0 Å². The van der Waals surface area contributed by atoms with Crippen LogP contribution in [0.2, 0.25) is 0 Å². The molecule has 1 unspecified atom stereocenters. The molecule has 0 bridgehead atoms. The molecular formula is C21H27FN4O2. The summed E-state index contributed by atoms with van der Waals surface area (Å²) in [6, 6.07) is 13.6. The number of hydrogen-bond donors (Lipinski definition) is 3. The molecule has 150 valence electrons. The summed E-state index contributed by atoms with van der Waals surface area (Å²) in [7, 11) is 0. The summed E-state index contributed by atoms with van der Waals surface area (Å²) in [6.07, 6.45) is -0.172. The Bertz CT molecular complexity index is 810. The van der Waals surface area contributed by atoms with Crippen LogP contribution in [0.4, 0.5) is 10.1 Å². The first-order valence-electron chi connectivity index (χ1n) is 9.27. The second-order valence-corrected chi connectivity index (χ2v) is 6.34. The van der Waals surface area contributed by atoms with Crippen molar-refractivity contribution in [3.63, 3.8) is 0 Å². The number of hydrogen-bond acceptors (Lipinski definition) is 3. The number of nitrogens with one attached hydrogen (secondary N) is 3. The van der Waals surface area contributed by atoms with Crippen molar-refractivity contribution in [1.82, 2.24) is 10.6 Å². The monoisotopic (exact) mass is 386 g/mol. The quantitative estimate of drug-likeness (QED) is 0.481. The lowest BCUT2D eigenvalue weighted by atomic mass is 10.2. The van der Waals surface area contributed by atoms with Gasteiger partial charge in [-0.15, -0.1) is 0 Å². The van der Waals surface area contributed by atoms with Crippen LogP contribution in [0.25, 0.3) is 0 Å². The molecule has 0 saturated heterocycles. The van der Waals surface area contributed by atoms with Crippen molar-refractivity contribution in [2.75, 3.05) is 18.4 Å². The number of anilines is 1. The molecule has 7 heteroatoms. The van der Waals surface area contributed by atoms with E-state index in [0.717, 1.165) is 17.8 Å². The average Bonchev–Trinajstić information content (AvgIpc) is 2.64. The Morgan fingerprint density at radius 2 is 1.96 bits per heavy atom. The highest BCUT2D eigenvalue weighted by Crippen LogP contribution is 2.14. The van der Waals surface area contributed by atoms with Gasteiger partial charge < -0.3 is 20.7 Å². The molecule has 3 N–H and O–H groups in total. The fourth-order valence-electron chi connectivity index (χ4n) is 2.52. The summed E-state index contributed by atoms with van der Waals surface area (Å²) in [5, 5.41) is 9.17. The Labute approximate surface area is 165 Å². The van der Waals surface area contributed by atoms with Crippen molar-refractivity contribution >= 4 is 17.6 Å². The fourth-order valence-corrected chi connectivity index (χ4v) is 2.52. The maximum Gasteiger partial charge on any atom is 0.221 e. The number of carbonyl (C=O) groups is 1. The summed E-state index contributed by atoms with van der Waals surface area (Å²) in [5.74, 6) is 0.713. The zero-order chi connectivity index (χ0) is 20.4. The Morgan fingerprint density at radius 1 is 1.18 bits per heavy atom. The van der Waals surface area contributed by atoms with E-state index < -0.39 is 0 Å². The van der Waals surface area contributed by atoms with Crippen molar-refractivity contribution in [2.24, 2.45) is 4.99 Å². The molecule has 1 amide bonds. The van der Waals surface area contributed by atoms with E-state index >= 15 is 0 Å². The van der Waals surface area contributed by atoms with Crippen LogP contribution >= 0.6 is 0 Å². The molecule has 0 spiro atoms. The summed E-state index contributed by atoms with van der Waals surface area (Å²) in [6.45, 7) is 7.05. The first-order chi connectivity index (χ1) is 13.5. The molecule has 0 radical (unpaired) electrons. The second-order valence-electron chi connectivity index (χ2n) is 6.34. The number of aliphatic imine (C=N–C) groups is 1. The molecule has 2 aromatic carbocycles. The highest BCUT2D eigenvalue weighted by Gasteiger charge is 2.07. The molecule has 0 fully saturated rings. The van der Waals surface area contributed by atoms with Gasteiger partial charge in [0.15, 0.2) is 5.96 Å². The molecule has 0 aliphatic heterocycles.